The summed E-state index contributed by atoms with van der Waals surface area (Å²) in [6, 6.07) is 14.4. The van der Waals surface area contributed by atoms with Gasteiger partial charge < -0.3 is 14.5 Å². The van der Waals surface area contributed by atoms with Crippen LogP contribution in [-0.2, 0) is 10.2 Å². The maximum Gasteiger partial charge on any atom is 0.336 e. The highest BCUT2D eigenvalue weighted by Crippen LogP contribution is 2.24. The fourth-order valence-corrected chi connectivity index (χ4v) is 3.25. The van der Waals surface area contributed by atoms with Gasteiger partial charge in [0.1, 0.15) is 11.3 Å². The van der Waals surface area contributed by atoms with Gasteiger partial charge in [0.05, 0.1) is 0 Å². The Labute approximate surface area is 192 Å². The zero-order valence-corrected chi connectivity index (χ0v) is 19.6. The quantitative estimate of drug-likeness (QED) is 0.310. The van der Waals surface area contributed by atoms with E-state index in [-0.39, 0.29) is 16.4 Å². The van der Waals surface area contributed by atoms with Crippen LogP contribution in [0, 0.1) is 6.92 Å². The number of rotatable bonds is 4. The SMILES string of the molecule is Cc1cc(=O)oc2cc(NC(=S)NNC(=O)C(C)Oc3ccc(C(C)(C)C)cc3)ccc12. The number of benzene rings is 2. The van der Waals surface area contributed by atoms with Crippen LogP contribution in [0.1, 0.15) is 38.8 Å². The minimum absolute atomic E-state index is 0.0450. The molecule has 7 nitrogen and oxygen atoms in total. The standard InChI is InChI=1S/C24H27N3O4S/c1-14-12-21(28)31-20-13-17(8-11-19(14)20)25-23(32)27-26-22(29)15(2)30-18-9-6-16(7-10-18)24(3,4)5/h6-13,15H,1-5H3,(H,26,29)(H2,25,27,32). The van der Waals surface area contributed by atoms with Crippen molar-refractivity contribution in [2.75, 3.05) is 5.32 Å². The zero-order chi connectivity index (χ0) is 23.5. The van der Waals surface area contributed by atoms with Crippen LogP contribution in [0.15, 0.2) is 57.7 Å². The number of hydrogen-bond donors (Lipinski definition) is 3. The number of ether oxygens (including phenoxy) is 1. The smallest absolute Gasteiger partial charge is 0.336 e. The third-order valence-corrected chi connectivity index (χ3v) is 5.12. The fourth-order valence-electron chi connectivity index (χ4n) is 3.08. The molecule has 1 heterocycles. The first-order valence-corrected chi connectivity index (χ1v) is 10.6. The van der Waals surface area contributed by atoms with Crippen molar-refractivity contribution in [3.8, 4) is 5.75 Å². The Morgan fingerprint density at radius 2 is 1.75 bits per heavy atom. The van der Waals surface area contributed by atoms with Crippen LogP contribution >= 0.6 is 12.2 Å². The van der Waals surface area contributed by atoms with E-state index in [2.05, 4.69) is 36.9 Å². The van der Waals surface area contributed by atoms with E-state index in [1.165, 1.54) is 11.6 Å². The molecule has 3 rings (SSSR count). The van der Waals surface area contributed by atoms with E-state index in [0.29, 0.717) is 17.0 Å². The van der Waals surface area contributed by atoms with Gasteiger partial charge in [-0.2, -0.15) is 0 Å². The molecule has 0 aliphatic heterocycles. The Morgan fingerprint density at radius 3 is 2.41 bits per heavy atom. The van der Waals surface area contributed by atoms with E-state index in [1.807, 2.05) is 37.3 Å². The highest BCUT2D eigenvalue weighted by molar-refractivity contribution is 7.80. The Morgan fingerprint density at radius 1 is 1.06 bits per heavy atom. The number of anilines is 1. The molecule has 0 aliphatic carbocycles. The van der Waals surface area contributed by atoms with Crippen molar-refractivity contribution >= 4 is 39.9 Å². The summed E-state index contributed by atoms with van der Waals surface area (Å²) in [7, 11) is 0. The molecule has 1 aromatic heterocycles. The first kappa shape index (κ1) is 23.3. The molecule has 3 aromatic rings. The molecule has 0 saturated heterocycles. The molecule has 0 saturated carbocycles. The predicted molar refractivity (Wildman–Crippen MR) is 130 cm³/mol. The molecular weight excluding hydrogens is 426 g/mol. The van der Waals surface area contributed by atoms with Gasteiger partial charge in [0.2, 0.25) is 0 Å². The number of thiocarbonyl (C=S) groups is 1. The highest BCUT2D eigenvalue weighted by Gasteiger charge is 2.17. The molecule has 2 aromatic carbocycles. The van der Waals surface area contributed by atoms with Gasteiger partial charge in [-0.15, -0.1) is 0 Å². The molecule has 0 fully saturated rings. The summed E-state index contributed by atoms with van der Waals surface area (Å²) in [5.41, 5.74) is 7.88. The monoisotopic (exact) mass is 453 g/mol. The largest absolute Gasteiger partial charge is 0.481 e. The molecule has 0 radical (unpaired) electrons. The van der Waals surface area contributed by atoms with Gasteiger partial charge in [-0.25, -0.2) is 4.79 Å². The van der Waals surface area contributed by atoms with Gasteiger partial charge >= 0.3 is 5.63 Å². The van der Waals surface area contributed by atoms with Crippen molar-refractivity contribution in [1.82, 2.24) is 10.9 Å². The van der Waals surface area contributed by atoms with Crippen molar-refractivity contribution in [2.24, 2.45) is 0 Å². The first-order chi connectivity index (χ1) is 15.0. The topological polar surface area (TPSA) is 92.6 Å². The Balaban J connectivity index is 1.53. The molecule has 3 N–H and O–H groups in total. The Bertz CT molecular complexity index is 1200. The number of carbonyl (C=O) groups is 1. The lowest BCUT2D eigenvalue weighted by molar-refractivity contribution is -0.127. The predicted octanol–water partition coefficient (Wildman–Crippen LogP) is 4.18. The molecule has 168 valence electrons. The van der Waals surface area contributed by atoms with E-state index in [1.54, 1.807) is 19.1 Å². The molecule has 8 heteroatoms. The number of hydrogen-bond acceptors (Lipinski definition) is 5. The number of hydrazine groups is 1. The lowest BCUT2D eigenvalue weighted by Crippen LogP contribution is -2.48. The van der Waals surface area contributed by atoms with Crippen LogP contribution in [-0.4, -0.2) is 17.1 Å². The van der Waals surface area contributed by atoms with Gasteiger partial charge in [0.15, 0.2) is 11.2 Å². The maximum absolute atomic E-state index is 12.3. The highest BCUT2D eigenvalue weighted by atomic mass is 32.1. The van der Waals surface area contributed by atoms with Crippen LogP contribution in [0.2, 0.25) is 0 Å². The minimum atomic E-state index is -0.733. The second-order valence-electron chi connectivity index (χ2n) is 8.56. The molecule has 0 spiro atoms. The van der Waals surface area contributed by atoms with Crippen LogP contribution in [0.25, 0.3) is 11.0 Å². The van der Waals surface area contributed by atoms with Crippen LogP contribution in [0.5, 0.6) is 5.75 Å². The van der Waals surface area contributed by atoms with Gasteiger partial charge in [-0.3, -0.25) is 15.6 Å². The summed E-state index contributed by atoms with van der Waals surface area (Å²) < 4.78 is 10.9. The van der Waals surface area contributed by atoms with E-state index in [4.69, 9.17) is 21.4 Å². The summed E-state index contributed by atoms with van der Waals surface area (Å²) in [5.74, 6) is 0.225. The fraction of sp³-hybridized carbons (Fsp3) is 0.292. The summed E-state index contributed by atoms with van der Waals surface area (Å²) >= 11 is 5.22. The summed E-state index contributed by atoms with van der Waals surface area (Å²) in [4.78, 5) is 23.9. The average molecular weight is 454 g/mol. The van der Waals surface area contributed by atoms with Crippen molar-refractivity contribution in [2.45, 2.75) is 46.1 Å². The van der Waals surface area contributed by atoms with Gasteiger partial charge in [-0.05, 0) is 66.9 Å². The van der Waals surface area contributed by atoms with Crippen LogP contribution in [0.4, 0.5) is 5.69 Å². The number of nitrogens with one attached hydrogen (secondary N) is 3. The molecular formula is C24H27N3O4S. The summed E-state index contributed by atoms with van der Waals surface area (Å²) in [6.45, 7) is 9.90. The zero-order valence-electron chi connectivity index (χ0n) is 18.7. The van der Waals surface area contributed by atoms with Gasteiger partial charge in [0, 0.05) is 23.2 Å². The van der Waals surface area contributed by atoms with Crippen molar-refractivity contribution in [1.29, 1.82) is 0 Å². The third kappa shape index (κ3) is 5.85. The van der Waals surface area contributed by atoms with E-state index in [0.717, 1.165) is 10.9 Å². The van der Waals surface area contributed by atoms with Gasteiger partial charge in [0.25, 0.3) is 5.91 Å². The van der Waals surface area contributed by atoms with Crippen molar-refractivity contribution < 1.29 is 13.9 Å². The summed E-state index contributed by atoms with van der Waals surface area (Å²) in [5, 5.41) is 3.95. The van der Waals surface area contributed by atoms with Gasteiger partial charge in [-0.1, -0.05) is 32.9 Å². The van der Waals surface area contributed by atoms with E-state index < -0.39 is 11.7 Å². The lowest BCUT2D eigenvalue weighted by Gasteiger charge is -2.20. The summed E-state index contributed by atoms with van der Waals surface area (Å²) in [6.07, 6.45) is -0.733. The second kappa shape index (κ2) is 9.40. The molecule has 32 heavy (non-hydrogen) atoms. The molecule has 1 amide bonds. The molecule has 0 bridgehead atoms. The average Bonchev–Trinajstić information content (AvgIpc) is 2.71. The maximum atomic E-state index is 12.3. The first-order valence-electron chi connectivity index (χ1n) is 10.2. The molecule has 0 aliphatic rings. The Kier molecular flexibility index (Phi) is 6.84. The number of fused-ring (bicyclic) bond motifs is 1. The van der Waals surface area contributed by atoms with Crippen LogP contribution in [0.3, 0.4) is 0 Å². The molecule has 1 atom stereocenters. The number of carbonyl (C=O) groups excluding carboxylic acids is 1. The third-order valence-electron chi connectivity index (χ3n) is 4.91. The van der Waals surface area contributed by atoms with E-state index in [9.17, 15) is 9.59 Å². The Hall–Kier alpha value is -3.39. The van der Waals surface area contributed by atoms with E-state index >= 15 is 0 Å². The number of aryl methyl sites for hydroxylation is 1. The lowest BCUT2D eigenvalue weighted by atomic mass is 9.87. The second-order valence-corrected chi connectivity index (χ2v) is 8.97. The normalized spacial score (nSPS) is 12.2. The number of amides is 1. The minimum Gasteiger partial charge on any atom is -0.481 e. The van der Waals surface area contributed by atoms with Crippen LogP contribution < -0.4 is 26.5 Å². The van der Waals surface area contributed by atoms with Crippen molar-refractivity contribution in [3.63, 3.8) is 0 Å². The van der Waals surface area contributed by atoms with Crippen molar-refractivity contribution in [3.05, 3.63) is 70.1 Å². The molecule has 1 unspecified atom stereocenters.